The summed E-state index contributed by atoms with van der Waals surface area (Å²) in [5, 5.41) is 7.95. The summed E-state index contributed by atoms with van der Waals surface area (Å²) in [6, 6.07) is 7.19. The minimum atomic E-state index is -0.642. The highest BCUT2D eigenvalue weighted by Crippen LogP contribution is 2.11. The summed E-state index contributed by atoms with van der Waals surface area (Å²) < 4.78 is 5.07. The molecule has 0 aromatic heterocycles. The Morgan fingerprint density at radius 2 is 1.81 bits per heavy atom. The molecule has 3 N–H and O–H groups in total. The molecule has 7 heteroatoms. The number of hydrogen-bond donors (Lipinski definition) is 3. The van der Waals surface area contributed by atoms with E-state index in [4.69, 9.17) is 4.74 Å². The van der Waals surface area contributed by atoms with Gasteiger partial charge in [-0.25, -0.2) is 4.79 Å². The highest BCUT2D eigenvalue weighted by atomic mass is 16.6. The van der Waals surface area contributed by atoms with Crippen molar-refractivity contribution in [1.82, 2.24) is 10.6 Å². The lowest BCUT2D eigenvalue weighted by Gasteiger charge is -2.19. The van der Waals surface area contributed by atoms with Gasteiger partial charge >= 0.3 is 6.09 Å². The fourth-order valence-corrected chi connectivity index (χ4v) is 2.06. The number of ether oxygens (including phenoxy) is 1. The predicted octanol–water partition coefficient (Wildman–Crippen LogP) is 2.96. The summed E-state index contributed by atoms with van der Waals surface area (Å²) in [6.45, 7) is 7.50. The van der Waals surface area contributed by atoms with Gasteiger partial charge < -0.3 is 20.7 Å². The summed E-state index contributed by atoms with van der Waals surface area (Å²) in [7, 11) is 0. The molecule has 0 fully saturated rings. The SMILES string of the molecule is CCCCC(=O)NCc1cccc(NC(=O)CNC(=O)OC(C)(C)C)c1. The molecule has 1 aromatic rings. The maximum Gasteiger partial charge on any atom is 0.408 e. The zero-order chi connectivity index (χ0) is 19.6. The van der Waals surface area contributed by atoms with Gasteiger partial charge in [-0.15, -0.1) is 0 Å². The first-order valence-electron chi connectivity index (χ1n) is 8.82. The second-order valence-corrected chi connectivity index (χ2v) is 6.98. The number of carbonyl (C=O) groups is 3. The van der Waals surface area contributed by atoms with Crippen LogP contribution in [0.15, 0.2) is 24.3 Å². The second kappa shape index (κ2) is 10.4. The maximum absolute atomic E-state index is 11.9. The lowest BCUT2D eigenvalue weighted by atomic mass is 10.2. The standard InChI is InChI=1S/C19H29N3O4/c1-5-6-10-16(23)20-12-14-8-7-9-15(11-14)22-17(24)13-21-18(25)26-19(2,3)4/h7-9,11H,5-6,10,12-13H2,1-4H3,(H,20,23)(H,21,25)(H,22,24). The first-order valence-corrected chi connectivity index (χ1v) is 8.82. The number of rotatable bonds is 8. The molecule has 0 radical (unpaired) electrons. The zero-order valence-corrected chi connectivity index (χ0v) is 16.0. The monoisotopic (exact) mass is 363 g/mol. The third kappa shape index (κ3) is 9.66. The normalized spacial score (nSPS) is 10.8. The molecule has 1 rings (SSSR count). The molecular weight excluding hydrogens is 334 g/mol. The van der Waals surface area contributed by atoms with Gasteiger partial charge in [0.05, 0.1) is 0 Å². The number of nitrogens with one attached hydrogen (secondary N) is 3. The molecule has 0 aliphatic rings. The minimum absolute atomic E-state index is 0.0165. The lowest BCUT2D eigenvalue weighted by Crippen LogP contribution is -2.37. The molecule has 0 saturated heterocycles. The van der Waals surface area contributed by atoms with E-state index in [2.05, 4.69) is 16.0 Å². The summed E-state index contributed by atoms with van der Waals surface area (Å²) >= 11 is 0. The Morgan fingerprint density at radius 1 is 1.08 bits per heavy atom. The first-order chi connectivity index (χ1) is 12.2. The molecule has 144 valence electrons. The van der Waals surface area contributed by atoms with Crippen LogP contribution < -0.4 is 16.0 Å². The van der Waals surface area contributed by atoms with Gasteiger partial charge in [-0.3, -0.25) is 9.59 Å². The van der Waals surface area contributed by atoms with Crippen molar-refractivity contribution in [1.29, 1.82) is 0 Å². The fourth-order valence-electron chi connectivity index (χ4n) is 2.06. The molecule has 26 heavy (non-hydrogen) atoms. The van der Waals surface area contributed by atoms with E-state index in [1.165, 1.54) is 0 Å². The molecule has 1 aromatic carbocycles. The van der Waals surface area contributed by atoms with E-state index in [1.807, 2.05) is 13.0 Å². The van der Waals surface area contributed by atoms with E-state index >= 15 is 0 Å². The highest BCUT2D eigenvalue weighted by molar-refractivity contribution is 5.93. The molecule has 0 heterocycles. The Labute approximate surface area is 154 Å². The Morgan fingerprint density at radius 3 is 2.46 bits per heavy atom. The summed E-state index contributed by atoms with van der Waals surface area (Å²) in [6.07, 6.45) is 1.72. The summed E-state index contributed by atoms with van der Waals surface area (Å²) in [4.78, 5) is 35.1. The van der Waals surface area contributed by atoms with Crippen molar-refractivity contribution < 1.29 is 19.1 Å². The van der Waals surface area contributed by atoms with Crippen LogP contribution in [0.2, 0.25) is 0 Å². The lowest BCUT2D eigenvalue weighted by molar-refractivity contribution is -0.121. The van der Waals surface area contributed by atoms with E-state index in [1.54, 1.807) is 39.0 Å². The summed E-state index contributed by atoms with van der Waals surface area (Å²) in [5.74, 6) is -0.345. The van der Waals surface area contributed by atoms with Crippen LogP contribution in [-0.2, 0) is 20.9 Å². The molecule has 0 unspecified atom stereocenters. The number of benzene rings is 1. The van der Waals surface area contributed by atoms with Crippen molar-refractivity contribution in [2.45, 2.75) is 59.1 Å². The van der Waals surface area contributed by atoms with Gasteiger partial charge in [0.1, 0.15) is 12.1 Å². The van der Waals surface area contributed by atoms with Crippen LogP contribution in [0.25, 0.3) is 0 Å². The smallest absolute Gasteiger partial charge is 0.408 e. The molecule has 0 spiro atoms. The van der Waals surface area contributed by atoms with Crippen molar-refractivity contribution in [2.75, 3.05) is 11.9 Å². The van der Waals surface area contributed by atoms with Gasteiger partial charge in [-0.2, -0.15) is 0 Å². The molecule has 0 aliphatic carbocycles. The number of anilines is 1. The van der Waals surface area contributed by atoms with Gasteiger partial charge in [-0.05, 0) is 44.9 Å². The van der Waals surface area contributed by atoms with Crippen molar-refractivity contribution >= 4 is 23.6 Å². The first kappa shape index (κ1) is 21.5. The highest BCUT2D eigenvalue weighted by Gasteiger charge is 2.16. The molecule has 7 nitrogen and oxygen atoms in total. The largest absolute Gasteiger partial charge is 0.444 e. The van der Waals surface area contributed by atoms with Crippen LogP contribution in [-0.4, -0.2) is 30.1 Å². The number of hydrogen-bond acceptors (Lipinski definition) is 4. The topological polar surface area (TPSA) is 96.5 Å². The van der Waals surface area contributed by atoms with E-state index in [9.17, 15) is 14.4 Å². The number of amides is 3. The zero-order valence-electron chi connectivity index (χ0n) is 16.0. The number of unbranched alkanes of at least 4 members (excludes halogenated alkanes) is 1. The Kier molecular flexibility index (Phi) is 8.61. The van der Waals surface area contributed by atoms with Crippen molar-refractivity contribution in [3.8, 4) is 0 Å². The minimum Gasteiger partial charge on any atom is -0.444 e. The van der Waals surface area contributed by atoms with Gasteiger partial charge in [0.25, 0.3) is 0 Å². The van der Waals surface area contributed by atoms with Gasteiger partial charge in [0.15, 0.2) is 0 Å². The Bertz CT molecular complexity index is 623. The van der Waals surface area contributed by atoms with Crippen LogP contribution in [0.5, 0.6) is 0 Å². The molecule has 0 saturated carbocycles. The van der Waals surface area contributed by atoms with Crippen molar-refractivity contribution in [3.05, 3.63) is 29.8 Å². The van der Waals surface area contributed by atoms with Gasteiger partial charge in [-0.1, -0.05) is 25.5 Å². The van der Waals surface area contributed by atoms with Crippen LogP contribution >= 0.6 is 0 Å². The number of alkyl carbamates (subject to hydrolysis) is 1. The predicted molar refractivity (Wildman–Crippen MR) is 101 cm³/mol. The number of carbonyl (C=O) groups excluding carboxylic acids is 3. The van der Waals surface area contributed by atoms with Gasteiger partial charge in [0.2, 0.25) is 11.8 Å². The van der Waals surface area contributed by atoms with E-state index in [0.717, 1.165) is 18.4 Å². The Hall–Kier alpha value is -2.57. The molecule has 0 atom stereocenters. The second-order valence-electron chi connectivity index (χ2n) is 6.98. The molecule has 0 bridgehead atoms. The van der Waals surface area contributed by atoms with E-state index in [0.29, 0.717) is 18.7 Å². The fraction of sp³-hybridized carbons (Fsp3) is 0.526. The van der Waals surface area contributed by atoms with Crippen LogP contribution in [0, 0.1) is 0 Å². The van der Waals surface area contributed by atoms with Gasteiger partial charge in [0, 0.05) is 18.7 Å². The Balaban J connectivity index is 2.44. The van der Waals surface area contributed by atoms with Crippen LogP contribution in [0.1, 0.15) is 52.5 Å². The van der Waals surface area contributed by atoms with Crippen molar-refractivity contribution in [2.24, 2.45) is 0 Å². The third-order valence-electron chi connectivity index (χ3n) is 3.25. The quantitative estimate of drug-likeness (QED) is 0.661. The van der Waals surface area contributed by atoms with Crippen LogP contribution in [0.3, 0.4) is 0 Å². The average Bonchev–Trinajstić information content (AvgIpc) is 2.55. The van der Waals surface area contributed by atoms with Crippen LogP contribution in [0.4, 0.5) is 10.5 Å². The summed E-state index contributed by atoms with van der Waals surface area (Å²) in [5.41, 5.74) is 0.866. The molecular formula is C19H29N3O4. The average molecular weight is 363 g/mol. The van der Waals surface area contributed by atoms with E-state index < -0.39 is 11.7 Å². The molecule has 3 amide bonds. The van der Waals surface area contributed by atoms with Crippen molar-refractivity contribution in [3.63, 3.8) is 0 Å². The van der Waals surface area contributed by atoms with E-state index in [-0.39, 0.29) is 18.4 Å². The molecule has 0 aliphatic heterocycles. The maximum atomic E-state index is 11.9. The third-order valence-corrected chi connectivity index (χ3v) is 3.25.